The molecule has 1 aliphatic heterocycles. The van der Waals surface area contributed by atoms with Crippen LogP contribution < -0.4 is 5.73 Å². The van der Waals surface area contributed by atoms with Gasteiger partial charge in [-0.15, -0.1) is 0 Å². The summed E-state index contributed by atoms with van der Waals surface area (Å²) in [5.74, 6) is -0.336. The number of phosphoric ester groups is 1. The predicted octanol–water partition coefficient (Wildman–Crippen LogP) is 9.93. The van der Waals surface area contributed by atoms with Gasteiger partial charge in [0.25, 0.3) is 0 Å². The third-order valence-corrected chi connectivity index (χ3v) is 10.5. The summed E-state index contributed by atoms with van der Waals surface area (Å²) >= 11 is 0. The number of H-pyrrole nitrogens is 1. The van der Waals surface area contributed by atoms with Gasteiger partial charge in [-0.05, 0) is 62.1 Å². The van der Waals surface area contributed by atoms with Crippen molar-refractivity contribution in [2.45, 2.75) is 154 Å². The standard InChI is InChI=1S/C39H61FN5O6P/c1-3-4-5-6-7-8-9-10-11-12-13-14-15-16-17-18-34(48-27-32-23-31(26-41)24-33(40)25-32)28-49-52(46,47)50-29-39(2)22-21-37(51-39)35-19-20-36(45-35)38(43)44-30-42/h19-20,23-25,30,34,37,45H,3-18,21-22,27-29H2,1-2H3,(H,46,47)(H3,42,43,44)/t34-,37-,39+/m1/s1. The average molecular weight is 746 g/mol. The lowest BCUT2D eigenvalue weighted by Crippen LogP contribution is -2.30. The van der Waals surface area contributed by atoms with E-state index < -0.39 is 25.3 Å². The number of phosphoric acid groups is 1. The zero-order valence-electron chi connectivity index (χ0n) is 31.3. The minimum absolute atomic E-state index is 0.0302. The third kappa shape index (κ3) is 16.8. The fourth-order valence-corrected chi connectivity index (χ4v) is 7.38. The fourth-order valence-electron chi connectivity index (χ4n) is 6.51. The Kier molecular flexibility index (Phi) is 19.8. The minimum Gasteiger partial charge on any atom is -0.382 e. The molecule has 1 aromatic carbocycles. The molecule has 0 amide bonds. The molecule has 52 heavy (non-hydrogen) atoms. The molecule has 0 bridgehead atoms. The summed E-state index contributed by atoms with van der Waals surface area (Å²) < 4.78 is 50.1. The second-order valence-corrected chi connectivity index (χ2v) is 15.7. The van der Waals surface area contributed by atoms with Gasteiger partial charge in [-0.2, -0.15) is 5.26 Å². The highest BCUT2D eigenvalue weighted by Crippen LogP contribution is 2.47. The van der Waals surface area contributed by atoms with Gasteiger partial charge in [-0.1, -0.05) is 103 Å². The van der Waals surface area contributed by atoms with Gasteiger partial charge in [0.2, 0.25) is 0 Å². The van der Waals surface area contributed by atoms with E-state index in [0.717, 1.165) is 37.4 Å². The van der Waals surface area contributed by atoms with Crippen LogP contribution in [0.25, 0.3) is 0 Å². The van der Waals surface area contributed by atoms with E-state index in [2.05, 4.69) is 16.9 Å². The Morgan fingerprint density at radius 3 is 2.35 bits per heavy atom. The monoisotopic (exact) mass is 745 g/mol. The SMILES string of the molecule is CCCCCCCCCCCCCCCCC[C@H](COP(=O)(O)OC[C@]1(C)CC[C@H](c2ccc(C(N)=NC=N)[nH]2)O1)OCc1cc(F)cc(C#N)c1. The highest BCUT2D eigenvalue weighted by molar-refractivity contribution is 7.47. The van der Waals surface area contributed by atoms with E-state index >= 15 is 0 Å². The largest absolute Gasteiger partial charge is 0.472 e. The second kappa shape index (κ2) is 23.7. The van der Waals surface area contributed by atoms with Crippen molar-refractivity contribution in [2.75, 3.05) is 13.2 Å². The van der Waals surface area contributed by atoms with Gasteiger partial charge in [-0.3, -0.25) is 14.5 Å². The quantitative estimate of drug-likeness (QED) is 0.0288. The van der Waals surface area contributed by atoms with Gasteiger partial charge < -0.3 is 25.1 Å². The van der Waals surface area contributed by atoms with Crippen LogP contribution in [0, 0.1) is 22.6 Å². The van der Waals surface area contributed by atoms with Crippen molar-refractivity contribution in [3.8, 4) is 6.07 Å². The van der Waals surface area contributed by atoms with Crippen LogP contribution in [-0.4, -0.2) is 47.0 Å². The number of amidine groups is 1. The van der Waals surface area contributed by atoms with E-state index in [4.69, 9.17) is 29.7 Å². The fraction of sp³-hybridized carbons (Fsp3) is 0.667. The number of nitriles is 1. The highest BCUT2D eigenvalue weighted by atomic mass is 31.2. The van der Waals surface area contributed by atoms with E-state index in [-0.39, 0.29) is 37.3 Å². The number of unbranched alkanes of at least 4 members (excludes halogenated alkanes) is 14. The van der Waals surface area contributed by atoms with Gasteiger partial charge in [0, 0.05) is 5.69 Å². The van der Waals surface area contributed by atoms with Crippen LogP contribution in [0.2, 0.25) is 0 Å². The van der Waals surface area contributed by atoms with Crippen molar-refractivity contribution in [2.24, 2.45) is 10.7 Å². The van der Waals surface area contributed by atoms with Crippen molar-refractivity contribution >= 4 is 20.0 Å². The van der Waals surface area contributed by atoms with Crippen LogP contribution in [0.4, 0.5) is 4.39 Å². The molecule has 1 aliphatic rings. The number of rotatable bonds is 28. The van der Waals surface area contributed by atoms with Crippen LogP contribution in [0.5, 0.6) is 0 Å². The maximum atomic E-state index is 14.0. The Morgan fingerprint density at radius 2 is 1.73 bits per heavy atom. The number of aromatic amines is 1. The van der Waals surface area contributed by atoms with Gasteiger partial charge >= 0.3 is 7.82 Å². The first-order valence-corrected chi connectivity index (χ1v) is 20.7. The molecule has 5 N–H and O–H groups in total. The minimum atomic E-state index is -4.47. The van der Waals surface area contributed by atoms with Gasteiger partial charge in [0.1, 0.15) is 18.0 Å². The number of aliphatic imine (C=N–C) groups is 1. The molecule has 11 nitrogen and oxygen atoms in total. The first-order chi connectivity index (χ1) is 25.1. The number of nitrogens with zero attached hydrogens (tertiary/aromatic N) is 2. The number of nitrogens with one attached hydrogen (secondary N) is 2. The number of hydrogen-bond acceptors (Lipinski definition) is 7. The first kappa shape index (κ1) is 43.5. The Hall–Kier alpha value is -2.91. The molecule has 290 valence electrons. The van der Waals surface area contributed by atoms with Crippen molar-refractivity contribution in [1.82, 2.24) is 4.98 Å². The summed E-state index contributed by atoms with van der Waals surface area (Å²) in [6, 6.07) is 9.59. The van der Waals surface area contributed by atoms with Gasteiger partial charge in [0.05, 0.1) is 55.0 Å². The molecule has 0 aliphatic carbocycles. The Balaban J connectivity index is 1.41. The maximum absolute atomic E-state index is 14.0. The Bertz CT molecular complexity index is 1460. The topological polar surface area (TPSA) is 176 Å². The lowest BCUT2D eigenvalue weighted by Gasteiger charge is -2.26. The molecule has 2 heterocycles. The van der Waals surface area contributed by atoms with Gasteiger partial charge in [0.15, 0.2) is 0 Å². The summed E-state index contributed by atoms with van der Waals surface area (Å²) in [4.78, 5) is 17.5. The number of hydrogen-bond donors (Lipinski definition) is 4. The number of nitrogens with two attached hydrogens (primary N) is 1. The predicted molar refractivity (Wildman–Crippen MR) is 203 cm³/mol. The lowest BCUT2D eigenvalue weighted by atomic mass is 10.0. The summed E-state index contributed by atoms with van der Waals surface area (Å²) in [5, 5.41) is 16.3. The molecule has 13 heteroatoms. The highest BCUT2D eigenvalue weighted by Gasteiger charge is 2.40. The molecular formula is C39H61FN5O6P. The molecule has 3 rings (SSSR count). The van der Waals surface area contributed by atoms with Crippen LogP contribution in [0.1, 0.15) is 158 Å². The van der Waals surface area contributed by atoms with Crippen molar-refractivity contribution in [3.63, 3.8) is 0 Å². The lowest BCUT2D eigenvalue weighted by molar-refractivity contribution is -0.0658. The normalized spacial score (nSPS) is 19.4. The van der Waals surface area contributed by atoms with Crippen LogP contribution in [-0.2, 0) is 29.7 Å². The van der Waals surface area contributed by atoms with Crippen molar-refractivity contribution in [1.29, 1.82) is 10.7 Å². The molecule has 1 unspecified atom stereocenters. The smallest absolute Gasteiger partial charge is 0.382 e. The summed E-state index contributed by atoms with van der Waals surface area (Å²) in [6.45, 7) is 3.76. The average Bonchev–Trinajstić information content (AvgIpc) is 3.78. The number of benzene rings is 1. The molecule has 0 spiro atoms. The third-order valence-electron chi connectivity index (χ3n) is 9.56. The van der Waals surface area contributed by atoms with Crippen LogP contribution in [0.3, 0.4) is 0 Å². The van der Waals surface area contributed by atoms with E-state index in [9.17, 15) is 19.1 Å². The zero-order valence-corrected chi connectivity index (χ0v) is 32.1. The molecule has 0 saturated carbocycles. The first-order valence-electron chi connectivity index (χ1n) is 19.2. The molecule has 1 fully saturated rings. The van der Waals surface area contributed by atoms with E-state index in [1.165, 1.54) is 83.1 Å². The van der Waals surface area contributed by atoms with Gasteiger partial charge in [-0.25, -0.2) is 13.9 Å². The summed E-state index contributed by atoms with van der Waals surface area (Å²) in [7, 11) is -4.47. The Morgan fingerprint density at radius 1 is 1.10 bits per heavy atom. The van der Waals surface area contributed by atoms with Crippen molar-refractivity contribution < 1.29 is 32.4 Å². The molecule has 4 atom stereocenters. The van der Waals surface area contributed by atoms with E-state index in [1.54, 1.807) is 12.1 Å². The maximum Gasteiger partial charge on any atom is 0.472 e. The summed E-state index contributed by atoms with van der Waals surface area (Å²) in [6.07, 6.45) is 20.6. The summed E-state index contributed by atoms with van der Waals surface area (Å²) in [5.41, 5.74) is 7.09. The van der Waals surface area contributed by atoms with E-state index in [1.807, 2.05) is 19.1 Å². The number of halogens is 1. The van der Waals surface area contributed by atoms with Crippen molar-refractivity contribution in [3.05, 3.63) is 58.7 Å². The molecule has 1 saturated heterocycles. The molecule has 2 aromatic rings. The second-order valence-electron chi connectivity index (χ2n) is 14.2. The number of ether oxygens (including phenoxy) is 2. The molecule has 1 aromatic heterocycles. The number of aromatic nitrogens is 1. The zero-order chi connectivity index (χ0) is 37.7. The van der Waals surface area contributed by atoms with Crippen LogP contribution >= 0.6 is 7.82 Å². The molecule has 0 radical (unpaired) electrons. The van der Waals surface area contributed by atoms with E-state index in [0.29, 0.717) is 30.5 Å². The van der Waals surface area contributed by atoms with Crippen LogP contribution in [0.15, 0.2) is 35.3 Å². The molecular weight excluding hydrogens is 684 g/mol. The Labute approximate surface area is 310 Å².